The Morgan fingerprint density at radius 3 is 2.14 bits per heavy atom. The summed E-state index contributed by atoms with van der Waals surface area (Å²) in [7, 11) is -8.44. The zero-order chi connectivity index (χ0) is 26.2. The van der Waals surface area contributed by atoms with Gasteiger partial charge in [-0.1, -0.05) is 34.8 Å². The van der Waals surface area contributed by atoms with Crippen molar-refractivity contribution in [1.82, 2.24) is 9.62 Å². The molecule has 0 aromatic heterocycles. The number of anilines is 1. The molecule has 198 valence electrons. The molecule has 1 heterocycles. The van der Waals surface area contributed by atoms with Crippen molar-refractivity contribution in [3.8, 4) is 0 Å². The Balaban J connectivity index is 1.36. The topological polar surface area (TPSA) is 147 Å². The molecule has 5 aliphatic rings. The molecule has 1 aromatic carbocycles. The maximum absolute atomic E-state index is 13.4. The highest BCUT2D eigenvalue weighted by Gasteiger charge is 2.58. The Hall–Kier alpha value is -1.31. The molecule has 2 amide bonds. The zero-order valence-electron chi connectivity index (χ0n) is 19.0. The van der Waals surface area contributed by atoms with Gasteiger partial charge in [-0.25, -0.2) is 12.7 Å². The van der Waals surface area contributed by atoms with Gasteiger partial charge < -0.3 is 11.1 Å². The minimum atomic E-state index is -4.47. The predicted octanol–water partition coefficient (Wildman–Crippen LogP) is 2.14. The summed E-state index contributed by atoms with van der Waals surface area (Å²) in [4.78, 5) is 25.2. The first kappa shape index (κ1) is 26.3. The van der Waals surface area contributed by atoms with Crippen LogP contribution >= 0.6 is 34.8 Å². The molecule has 4 bridgehead atoms. The fourth-order valence-electron chi connectivity index (χ4n) is 6.74. The zero-order valence-corrected chi connectivity index (χ0v) is 22.9. The number of nitrogens with zero attached hydrogens (tertiary/aromatic N) is 2. The van der Waals surface area contributed by atoms with Gasteiger partial charge >= 0.3 is 10.2 Å². The van der Waals surface area contributed by atoms with Crippen LogP contribution in [0.1, 0.15) is 32.1 Å². The molecule has 10 nitrogen and oxygen atoms in total. The first-order valence-electron chi connectivity index (χ1n) is 11.4. The molecule has 0 spiro atoms. The Morgan fingerprint density at radius 1 is 1.00 bits per heavy atom. The number of nitrogens with two attached hydrogens (primary N) is 1. The number of hydrogen-bond donors (Lipinski definition) is 2. The second kappa shape index (κ2) is 8.88. The number of carbonyl (C=O) groups is 2. The van der Waals surface area contributed by atoms with Crippen LogP contribution in [0.2, 0.25) is 15.1 Å². The van der Waals surface area contributed by atoms with Crippen molar-refractivity contribution in [2.75, 3.05) is 22.6 Å². The Labute approximate surface area is 224 Å². The quantitative estimate of drug-likeness (QED) is 0.530. The van der Waals surface area contributed by atoms with Crippen LogP contribution in [-0.2, 0) is 29.6 Å². The Morgan fingerprint density at radius 2 is 1.58 bits per heavy atom. The minimum absolute atomic E-state index is 0.0672. The third kappa shape index (κ3) is 4.47. The largest absolute Gasteiger partial charge is 0.369 e. The summed E-state index contributed by atoms with van der Waals surface area (Å²) in [6.45, 7) is -0.693. The van der Waals surface area contributed by atoms with Crippen LogP contribution in [0.3, 0.4) is 0 Å². The van der Waals surface area contributed by atoms with E-state index in [4.69, 9.17) is 40.5 Å². The van der Waals surface area contributed by atoms with E-state index in [2.05, 4.69) is 5.32 Å². The van der Waals surface area contributed by atoms with Gasteiger partial charge in [-0.15, -0.1) is 0 Å². The molecule has 4 aliphatic carbocycles. The lowest BCUT2D eigenvalue weighted by Gasteiger charge is -2.58. The standard InChI is InChI=1S/C21H25Cl3N4O6S2/c22-14-3-15(23)19(16(24)4-14)28-10-35(31,32)9-27(36(28,33)34)8-17(29)26-18-12-1-11-2-13(18)7-21(5-11,6-12)20(25)30/h3-4,11-13,18H,1-2,5-10H2,(H2,25,30)(H,26,29). The fraction of sp³-hybridized carbons (Fsp3) is 0.619. The molecule has 2 unspecified atom stereocenters. The summed E-state index contributed by atoms with van der Waals surface area (Å²) in [5.41, 5.74) is 4.96. The maximum Gasteiger partial charge on any atom is 0.306 e. The molecule has 6 rings (SSSR count). The third-order valence-corrected chi connectivity index (χ3v) is 12.2. The lowest BCUT2D eigenvalue weighted by Crippen LogP contribution is -2.63. The van der Waals surface area contributed by atoms with Crippen molar-refractivity contribution >= 4 is 72.4 Å². The third-order valence-electron chi connectivity index (χ3n) is 7.93. The predicted molar refractivity (Wildman–Crippen MR) is 135 cm³/mol. The average Bonchev–Trinajstić information content (AvgIpc) is 2.72. The van der Waals surface area contributed by atoms with E-state index in [9.17, 15) is 26.4 Å². The molecular formula is C21H25Cl3N4O6S2. The van der Waals surface area contributed by atoms with Gasteiger partial charge in [0.2, 0.25) is 11.8 Å². The molecule has 2 atom stereocenters. The minimum Gasteiger partial charge on any atom is -0.369 e. The summed E-state index contributed by atoms with van der Waals surface area (Å²) in [6.07, 6.45) is 3.71. The number of primary amides is 1. The van der Waals surface area contributed by atoms with Crippen molar-refractivity contribution in [2.45, 2.75) is 38.1 Å². The van der Waals surface area contributed by atoms with Crippen molar-refractivity contribution in [3.63, 3.8) is 0 Å². The van der Waals surface area contributed by atoms with Gasteiger partial charge in [0.25, 0.3) is 0 Å². The second-order valence-electron chi connectivity index (χ2n) is 10.4. The van der Waals surface area contributed by atoms with Crippen molar-refractivity contribution in [1.29, 1.82) is 0 Å². The van der Waals surface area contributed by atoms with Gasteiger partial charge in [0.1, 0.15) is 11.8 Å². The maximum atomic E-state index is 13.4. The number of amides is 2. The van der Waals surface area contributed by atoms with E-state index in [1.807, 2.05) is 0 Å². The van der Waals surface area contributed by atoms with Crippen LogP contribution < -0.4 is 15.4 Å². The molecule has 1 saturated heterocycles. The lowest BCUT2D eigenvalue weighted by atomic mass is 9.47. The number of nitrogens with one attached hydrogen (secondary N) is 1. The van der Waals surface area contributed by atoms with Gasteiger partial charge in [-0.05, 0) is 62.0 Å². The number of benzene rings is 1. The van der Waals surface area contributed by atoms with Crippen LogP contribution in [0.25, 0.3) is 0 Å². The van der Waals surface area contributed by atoms with Gasteiger partial charge in [0, 0.05) is 16.5 Å². The van der Waals surface area contributed by atoms with E-state index in [1.54, 1.807) is 0 Å². The number of sulfone groups is 1. The second-order valence-corrected chi connectivity index (χ2v) is 15.5. The Bertz CT molecular complexity index is 1320. The van der Waals surface area contributed by atoms with E-state index >= 15 is 0 Å². The monoisotopic (exact) mass is 598 g/mol. The number of halogens is 3. The van der Waals surface area contributed by atoms with Crippen LogP contribution in [0, 0.1) is 23.2 Å². The van der Waals surface area contributed by atoms with E-state index in [0.29, 0.717) is 27.4 Å². The van der Waals surface area contributed by atoms with Crippen LogP contribution in [0.15, 0.2) is 12.1 Å². The molecule has 3 N–H and O–H groups in total. The molecule has 36 heavy (non-hydrogen) atoms. The lowest BCUT2D eigenvalue weighted by molar-refractivity contribution is -0.147. The summed E-state index contributed by atoms with van der Waals surface area (Å²) < 4.78 is 53.3. The van der Waals surface area contributed by atoms with E-state index in [0.717, 1.165) is 19.3 Å². The first-order valence-corrected chi connectivity index (χ1v) is 15.8. The van der Waals surface area contributed by atoms with Gasteiger partial charge in [-0.3, -0.25) is 9.59 Å². The van der Waals surface area contributed by atoms with Gasteiger partial charge in [-0.2, -0.15) is 12.7 Å². The van der Waals surface area contributed by atoms with E-state index < -0.39 is 49.7 Å². The summed E-state index contributed by atoms with van der Waals surface area (Å²) >= 11 is 18.3. The molecule has 0 radical (unpaired) electrons. The van der Waals surface area contributed by atoms with Crippen molar-refractivity contribution in [3.05, 3.63) is 27.2 Å². The smallest absolute Gasteiger partial charge is 0.306 e. The van der Waals surface area contributed by atoms with Crippen molar-refractivity contribution in [2.24, 2.45) is 28.9 Å². The molecule has 4 saturated carbocycles. The number of rotatable bonds is 5. The number of carbonyl (C=O) groups excluding carboxylic acids is 2. The van der Waals surface area contributed by atoms with E-state index in [1.165, 1.54) is 12.1 Å². The van der Waals surface area contributed by atoms with Gasteiger partial charge in [0.15, 0.2) is 9.84 Å². The van der Waals surface area contributed by atoms with Gasteiger partial charge in [0.05, 0.1) is 22.3 Å². The normalized spacial score (nSPS) is 34.5. The highest BCUT2D eigenvalue weighted by atomic mass is 35.5. The SMILES string of the molecule is NC(=O)C12CC3CC(C1)C(NC(=O)CN1CS(=O)(=O)CN(c4c(Cl)cc(Cl)cc4Cl)S1(=O)=O)C(C3)C2. The Kier molecular flexibility index (Phi) is 6.48. The molecule has 15 heteroatoms. The highest BCUT2D eigenvalue weighted by molar-refractivity contribution is 7.97. The van der Waals surface area contributed by atoms with Crippen LogP contribution in [0.5, 0.6) is 0 Å². The van der Waals surface area contributed by atoms with Crippen LogP contribution in [0.4, 0.5) is 5.69 Å². The molecular weight excluding hydrogens is 575 g/mol. The van der Waals surface area contributed by atoms with E-state index in [-0.39, 0.29) is 44.5 Å². The summed E-state index contributed by atoms with van der Waals surface area (Å²) in [6, 6.07) is 2.29. The molecule has 1 aromatic rings. The molecule has 5 fully saturated rings. The summed E-state index contributed by atoms with van der Waals surface area (Å²) in [5.74, 6) is -2.12. The van der Waals surface area contributed by atoms with Crippen LogP contribution in [-0.4, -0.2) is 57.3 Å². The van der Waals surface area contributed by atoms with Crippen molar-refractivity contribution < 1.29 is 26.4 Å². The summed E-state index contributed by atoms with van der Waals surface area (Å²) in [5, 5.41) is 2.80. The first-order chi connectivity index (χ1) is 16.7. The number of hydrogen-bond acceptors (Lipinski definition) is 6. The molecule has 1 aliphatic heterocycles. The highest BCUT2D eigenvalue weighted by Crippen LogP contribution is 2.59. The average molecular weight is 600 g/mol. The fourth-order valence-corrected chi connectivity index (χ4v) is 12.0.